The Morgan fingerprint density at radius 2 is 2.06 bits per heavy atom. The zero-order valence-electron chi connectivity index (χ0n) is 9.21. The van der Waals surface area contributed by atoms with Crippen molar-refractivity contribution in [2.75, 3.05) is 6.61 Å². The van der Waals surface area contributed by atoms with E-state index in [1.165, 1.54) is 0 Å². The molecule has 0 spiro atoms. The Morgan fingerprint density at radius 1 is 1.41 bits per heavy atom. The average Bonchev–Trinajstić information content (AvgIpc) is 2.72. The third-order valence-electron chi connectivity index (χ3n) is 2.60. The third-order valence-corrected chi connectivity index (χ3v) is 2.60. The Labute approximate surface area is 95.9 Å². The van der Waals surface area contributed by atoms with Gasteiger partial charge < -0.3 is 19.3 Å². The monoisotopic (exact) mass is 248 g/mol. The smallest absolute Gasteiger partial charge is 0.378 e. The standard InChI is InChI=1S/C9H12O8/c1-8(2)14-3-4(16-8)5-6(10)9(12,17-13)7(11)15-5/h4-5,12-13H,3H2,1-2H3. The van der Waals surface area contributed by atoms with E-state index in [0.29, 0.717) is 0 Å². The number of aliphatic hydroxyl groups is 1. The van der Waals surface area contributed by atoms with Crippen LogP contribution in [0.15, 0.2) is 0 Å². The highest BCUT2D eigenvalue weighted by molar-refractivity contribution is 6.12. The molecule has 2 aliphatic heterocycles. The van der Waals surface area contributed by atoms with E-state index >= 15 is 0 Å². The van der Waals surface area contributed by atoms with Crippen molar-refractivity contribution in [2.24, 2.45) is 0 Å². The van der Waals surface area contributed by atoms with Gasteiger partial charge in [0.2, 0.25) is 5.78 Å². The van der Waals surface area contributed by atoms with Crippen LogP contribution >= 0.6 is 0 Å². The zero-order chi connectivity index (χ0) is 12.8. The van der Waals surface area contributed by atoms with E-state index in [4.69, 9.17) is 14.7 Å². The topological polar surface area (TPSA) is 112 Å². The van der Waals surface area contributed by atoms with E-state index in [0.717, 1.165) is 0 Å². The van der Waals surface area contributed by atoms with Gasteiger partial charge in [-0.05, 0) is 13.8 Å². The first-order chi connectivity index (χ1) is 7.80. The van der Waals surface area contributed by atoms with Gasteiger partial charge in [-0.15, -0.1) is 0 Å². The van der Waals surface area contributed by atoms with Crippen molar-refractivity contribution in [2.45, 2.75) is 37.6 Å². The molecular formula is C9H12O8. The van der Waals surface area contributed by atoms with Gasteiger partial charge in [-0.1, -0.05) is 0 Å². The molecule has 3 atom stereocenters. The van der Waals surface area contributed by atoms with Gasteiger partial charge in [0.25, 0.3) is 0 Å². The molecule has 2 rings (SSSR count). The van der Waals surface area contributed by atoms with Crippen LogP contribution in [0.3, 0.4) is 0 Å². The van der Waals surface area contributed by atoms with Crippen LogP contribution in [0, 0.1) is 0 Å². The quantitative estimate of drug-likeness (QED) is 0.206. The predicted octanol–water partition coefficient (Wildman–Crippen LogP) is -1.19. The second kappa shape index (κ2) is 3.72. The van der Waals surface area contributed by atoms with Crippen molar-refractivity contribution in [1.82, 2.24) is 0 Å². The molecule has 2 aliphatic rings. The lowest BCUT2D eigenvalue weighted by atomic mass is 10.1. The SMILES string of the molecule is CC1(C)OCC(C2OC(=O)C(O)(OO)C2=O)O1. The molecule has 2 saturated heterocycles. The summed E-state index contributed by atoms with van der Waals surface area (Å²) in [5.74, 6) is -6.36. The van der Waals surface area contributed by atoms with Crippen LogP contribution in [0.4, 0.5) is 0 Å². The molecule has 96 valence electrons. The Balaban J connectivity index is 2.16. The molecule has 0 aromatic heterocycles. The molecular weight excluding hydrogens is 236 g/mol. The first kappa shape index (κ1) is 12.4. The van der Waals surface area contributed by atoms with Crippen LogP contribution in [-0.2, 0) is 28.7 Å². The molecule has 2 fully saturated rings. The number of hydrogen-bond acceptors (Lipinski definition) is 8. The van der Waals surface area contributed by atoms with Gasteiger partial charge in [-0.2, -0.15) is 4.89 Å². The van der Waals surface area contributed by atoms with Crippen LogP contribution in [-0.4, -0.2) is 52.5 Å². The maximum absolute atomic E-state index is 11.7. The first-order valence-corrected chi connectivity index (χ1v) is 4.92. The highest BCUT2D eigenvalue weighted by Gasteiger charge is 2.62. The minimum absolute atomic E-state index is 0.0260. The van der Waals surface area contributed by atoms with Gasteiger partial charge in [0.1, 0.15) is 6.10 Å². The second-order valence-electron chi connectivity index (χ2n) is 4.29. The molecule has 0 amide bonds. The fourth-order valence-electron chi connectivity index (χ4n) is 1.73. The minimum Gasteiger partial charge on any atom is -0.447 e. The van der Waals surface area contributed by atoms with E-state index in [1.807, 2.05) is 0 Å². The summed E-state index contributed by atoms with van der Waals surface area (Å²) in [5, 5.41) is 17.8. The van der Waals surface area contributed by atoms with Crippen LogP contribution < -0.4 is 0 Å². The summed E-state index contributed by atoms with van der Waals surface area (Å²) in [7, 11) is 0. The molecule has 0 aromatic rings. The van der Waals surface area contributed by atoms with Gasteiger partial charge in [-0.25, -0.2) is 10.1 Å². The summed E-state index contributed by atoms with van der Waals surface area (Å²) in [6.45, 7) is 3.28. The largest absolute Gasteiger partial charge is 0.447 e. The fourth-order valence-corrected chi connectivity index (χ4v) is 1.73. The number of carbonyl (C=O) groups is 2. The summed E-state index contributed by atoms with van der Waals surface area (Å²) in [6, 6.07) is 0. The number of ether oxygens (including phenoxy) is 3. The number of esters is 1. The van der Waals surface area contributed by atoms with E-state index in [-0.39, 0.29) is 6.61 Å². The lowest BCUT2D eigenvalue weighted by Crippen LogP contribution is -2.47. The van der Waals surface area contributed by atoms with E-state index in [1.54, 1.807) is 13.8 Å². The van der Waals surface area contributed by atoms with Crippen molar-refractivity contribution < 1.29 is 39.1 Å². The van der Waals surface area contributed by atoms with E-state index < -0.39 is 35.5 Å². The highest BCUT2D eigenvalue weighted by atomic mass is 17.1. The Hall–Kier alpha value is -1.06. The van der Waals surface area contributed by atoms with Crippen LogP contribution in [0.25, 0.3) is 0 Å². The molecule has 0 aliphatic carbocycles. The summed E-state index contributed by atoms with van der Waals surface area (Å²) < 4.78 is 15.1. The Kier molecular flexibility index (Phi) is 2.71. The number of rotatable bonds is 2. The molecule has 3 unspecified atom stereocenters. The molecule has 2 N–H and O–H groups in total. The Morgan fingerprint density at radius 3 is 2.47 bits per heavy atom. The van der Waals surface area contributed by atoms with E-state index in [2.05, 4.69) is 9.62 Å². The fraction of sp³-hybridized carbons (Fsp3) is 0.778. The van der Waals surface area contributed by atoms with Crippen molar-refractivity contribution in [3.8, 4) is 0 Å². The molecule has 8 heteroatoms. The second-order valence-corrected chi connectivity index (χ2v) is 4.29. The highest BCUT2D eigenvalue weighted by Crippen LogP contribution is 2.31. The van der Waals surface area contributed by atoms with E-state index in [9.17, 15) is 14.7 Å². The molecule has 2 heterocycles. The number of carbonyl (C=O) groups excluding carboxylic acids is 2. The van der Waals surface area contributed by atoms with Gasteiger partial charge in [-0.3, -0.25) is 4.79 Å². The van der Waals surface area contributed by atoms with Crippen LogP contribution in [0.2, 0.25) is 0 Å². The summed E-state index contributed by atoms with van der Waals surface area (Å²) in [6.07, 6.45) is -2.20. The molecule has 0 radical (unpaired) electrons. The molecule has 0 bridgehead atoms. The maximum Gasteiger partial charge on any atom is 0.378 e. The van der Waals surface area contributed by atoms with Crippen molar-refractivity contribution >= 4 is 11.8 Å². The number of Topliss-reactive ketones (excluding diaryl/α,β-unsaturated/α-hetero) is 1. The minimum atomic E-state index is -2.97. The number of ketones is 1. The molecule has 8 nitrogen and oxygen atoms in total. The summed E-state index contributed by atoms with van der Waals surface area (Å²) in [5.41, 5.74) is 0. The Bertz CT molecular complexity index is 364. The molecule has 0 aromatic carbocycles. The van der Waals surface area contributed by atoms with Gasteiger partial charge >= 0.3 is 11.8 Å². The van der Waals surface area contributed by atoms with Crippen molar-refractivity contribution in [3.05, 3.63) is 0 Å². The number of hydrogen-bond donors (Lipinski definition) is 2. The van der Waals surface area contributed by atoms with Crippen LogP contribution in [0.1, 0.15) is 13.8 Å². The average molecular weight is 248 g/mol. The predicted molar refractivity (Wildman–Crippen MR) is 48.5 cm³/mol. The molecule has 17 heavy (non-hydrogen) atoms. The zero-order valence-corrected chi connectivity index (χ0v) is 9.21. The first-order valence-electron chi connectivity index (χ1n) is 4.92. The molecule has 0 saturated carbocycles. The lowest BCUT2D eigenvalue weighted by Gasteiger charge is -2.19. The maximum atomic E-state index is 11.7. The lowest BCUT2D eigenvalue weighted by molar-refractivity contribution is -0.356. The van der Waals surface area contributed by atoms with Gasteiger partial charge in [0, 0.05) is 0 Å². The normalized spacial score (nSPS) is 40.7. The van der Waals surface area contributed by atoms with Crippen LogP contribution in [0.5, 0.6) is 0 Å². The van der Waals surface area contributed by atoms with Crippen molar-refractivity contribution in [1.29, 1.82) is 0 Å². The third kappa shape index (κ3) is 1.83. The summed E-state index contributed by atoms with van der Waals surface area (Å²) >= 11 is 0. The van der Waals surface area contributed by atoms with Gasteiger partial charge in [0.05, 0.1) is 6.61 Å². The van der Waals surface area contributed by atoms with Crippen molar-refractivity contribution in [3.63, 3.8) is 0 Å². The number of cyclic esters (lactones) is 1. The summed E-state index contributed by atoms with van der Waals surface area (Å²) in [4.78, 5) is 26.3. The van der Waals surface area contributed by atoms with Gasteiger partial charge in [0.15, 0.2) is 11.9 Å².